The van der Waals surface area contributed by atoms with Crippen LogP contribution in [0.1, 0.15) is 30.0 Å². The van der Waals surface area contributed by atoms with Crippen molar-refractivity contribution >= 4 is 11.6 Å². The Balaban J connectivity index is 1.96. The molecule has 0 bridgehead atoms. The number of tetrazole rings is 1. The highest BCUT2D eigenvalue weighted by molar-refractivity contribution is 6.30. The monoisotopic (exact) mass is 382 g/mol. The van der Waals surface area contributed by atoms with E-state index in [-0.39, 0.29) is 17.7 Å². The van der Waals surface area contributed by atoms with Crippen LogP contribution in [0.25, 0.3) is 0 Å². The number of halogens is 4. The van der Waals surface area contributed by atoms with Crippen molar-refractivity contribution in [2.45, 2.75) is 25.2 Å². The SMILES string of the molecule is CC(C(c1ccc(Cl)cc1)c1ccc(OC(F)(F)F)cc1)n1ncnn1. The number of alkyl halides is 3. The number of rotatable bonds is 5. The molecule has 0 spiro atoms. The van der Waals surface area contributed by atoms with Crippen molar-refractivity contribution in [1.29, 1.82) is 0 Å². The highest BCUT2D eigenvalue weighted by Crippen LogP contribution is 2.36. The minimum atomic E-state index is -4.73. The molecule has 0 saturated carbocycles. The molecular weight excluding hydrogens is 369 g/mol. The van der Waals surface area contributed by atoms with Crippen molar-refractivity contribution < 1.29 is 17.9 Å². The molecule has 3 rings (SSSR count). The lowest BCUT2D eigenvalue weighted by Gasteiger charge is -2.24. The second kappa shape index (κ2) is 7.33. The standard InChI is InChI=1S/C17H14ClF3N4O/c1-11(25-23-10-22-24-25)16(12-2-6-14(18)7-3-12)13-4-8-15(9-5-13)26-17(19,20)21/h2-11,16H,1H3. The van der Waals surface area contributed by atoms with Crippen LogP contribution >= 0.6 is 11.6 Å². The van der Waals surface area contributed by atoms with Gasteiger partial charge >= 0.3 is 6.36 Å². The molecule has 1 heterocycles. The van der Waals surface area contributed by atoms with E-state index < -0.39 is 6.36 Å². The number of hydrogen-bond acceptors (Lipinski definition) is 4. The smallest absolute Gasteiger partial charge is 0.406 e. The van der Waals surface area contributed by atoms with Gasteiger partial charge < -0.3 is 4.74 Å². The molecule has 0 saturated heterocycles. The molecule has 0 amide bonds. The van der Waals surface area contributed by atoms with Crippen molar-refractivity contribution in [3.05, 3.63) is 71.0 Å². The summed E-state index contributed by atoms with van der Waals surface area (Å²) < 4.78 is 41.0. The number of hydrogen-bond donors (Lipinski definition) is 0. The van der Waals surface area contributed by atoms with E-state index in [2.05, 4.69) is 20.1 Å². The Bertz CT molecular complexity index is 836. The number of benzene rings is 2. The normalized spacial score (nSPS) is 14.0. The number of aromatic nitrogens is 4. The highest BCUT2D eigenvalue weighted by Gasteiger charge is 2.31. The summed E-state index contributed by atoms with van der Waals surface area (Å²) in [6.45, 7) is 1.90. The molecule has 2 unspecified atom stereocenters. The predicted molar refractivity (Wildman–Crippen MR) is 88.9 cm³/mol. The van der Waals surface area contributed by atoms with Crippen LogP contribution in [0.4, 0.5) is 13.2 Å². The fourth-order valence-electron chi connectivity index (χ4n) is 2.79. The maximum atomic E-state index is 12.4. The molecule has 0 aliphatic rings. The summed E-state index contributed by atoms with van der Waals surface area (Å²) >= 11 is 5.96. The van der Waals surface area contributed by atoms with Crippen LogP contribution in [0.2, 0.25) is 5.02 Å². The zero-order valence-electron chi connectivity index (χ0n) is 13.6. The molecule has 9 heteroatoms. The van der Waals surface area contributed by atoms with Gasteiger partial charge in [-0.3, -0.25) is 0 Å². The summed E-state index contributed by atoms with van der Waals surface area (Å²) in [4.78, 5) is 1.46. The van der Waals surface area contributed by atoms with Gasteiger partial charge in [-0.1, -0.05) is 35.9 Å². The van der Waals surface area contributed by atoms with Crippen LogP contribution in [-0.4, -0.2) is 26.6 Å². The molecule has 2 aromatic carbocycles. The molecule has 0 N–H and O–H groups in total. The van der Waals surface area contributed by atoms with Crippen molar-refractivity contribution in [2.24, 2.45) is 0 Å². The van der Waals surface area contributed by atoms with Crippen LogP contribution in [0.5, 0.6) is 5.75 Å². The Morgan fingerprint density at radius 3 is 2.08 bits per heavy atom. The van der Waals surface area contributed by atoms with Crippen molar-refractivity contribution in [3.63, 3.8) is 0 Å². The molecule has 1 aromatic heterocycles. The maximum absolute atomic E-state index is 12.4. The van der Waals surface area contributed by atoms with Gasteiger partial charge in [0.1, 0.15) is 5.75 Å². The average Bonchev–Trinajstić information content (AvgIpc) is 3.11. The predicted octanol–water partition coefficient (Wildman–Crippen LogP) is 4.62. The first-order valence-electron chi connectivity index (χ1n) is 7.67. The third-order valence-electron chi connectivity index (χ3n) is 3.91. The maximum Gasteiger partial charge on any atom is 0.573 e. The minimum absolute atomic E-state index is 0.221. The fraction of sp³-hybridized carbons (Fsp3) is 0.235. The van der Waals surface area contributed by atoms with Crippen molar-refractivity contribution in [3.8, 4) is 5.75 Å². The van der Waals surface area contributed by atoms with Gasteiger partial charge in [0, 0.05) is 10.9 Å². The van der Waals surface area contributed by atoms with Crippen molar-refractivity contribution in [1.82, 2.24) is 20.2 Å². The molecular formula is C17H14ClF3N4O. The van der Waals surface area contributed by atoms with Gasteiger partial charge in [0.15, 0.2) is 6.33 Å². The Morgan fingerprint density at radius 2 is 1.58 bits per heavy atom. The van der Waals surface area contributed by atoms with Gasteiger partial charge in [-0.15, -0.1) is 23.4 Å². The van der Waals surface area contributed by atoms with Crippen LogP contribution in [0.3, 0.4) is 0 Å². The fourth-order valence-corrected chi connectivity index (χ4v) is 2.92. The second-order valence-corrected chi connectivity index (χ2v) is 6.08. The zero-order chi connectivity index (χ0) is 18.7. The first kappa shape index (κ1) is 18.2. The molecule has 2 atom stereocenters. The zero-order valence-corrected chi connectivity index (χ0v) is 14.3. The van der Waals surface area contributed by atoms with Gasteiger partial charge in [0.05, 0.1) is 6.04 Å². The van der Waals surface area contributed by atoms with Gasteiger partial charge in [-0.05, 0) is 47.5 Å². The lowest BCUT2D eigenvalue weighted by atomic mass is 9.86. The van der Waals surface area contributed by atoms with Crippen LogP contribution in [0, 0.1) is 0 Å². The molecule has 26 heavy (non-hydrogen) atoms. The van der Waals surface area contributed by atoms with Gasteiger partial charge in [0.2, 0.25) is 0 Å². The van der Waals surface area contributed by atoms with Crippen LogP contribution < -0.4 is 4.74 Å². The van der Waals surface area contributed by atoms with Crippen LogP contribution in [-0.2, 0) is 0 Å². The molecule has 3 aromatic rings. The highest BCUT2D eigenvalue weighted by atomic mass is 35.5. The average molecular weight is 383 g/mol. The summed E-state index contributed by atoms with van der Waals surface area (Å²) in [5.41, 5.74) is 1.70. The largest absolute Gasteiger partial charge is 0.573 e. The molecule has 0 aliphatic carbocycles. The topological polar surface area (TPSA) is 52.8 Å². The molecule has 0 aliphatic heterocycles. The lowest BCUT2D eigenvalue weighted by molar-refractivity contribution is -0.274. The first-order chi connectivity index (χ1) is 12.3. The Kier molecular flexibility index (Phi) is 5.13. The molecule has 5 nitrogen and oxygen atoms in total. The van der Waals surface area contributed by atoms with Crippen molar-refractivity contribution in [2.75, 3.05) is 0 Å². The van der Waals surface area contributed by atoms with E-state index in [1.807, 2.05) is 19.1 Å². The quantitative estimate of drug-likeness (QED) is 0.646. The van der Waals surface area contributed by atoms with E-state index in [1.54, 1.807) is 24.3 Å². The number of ether oxygens (including phenoxy) is 1. The van der Waals surface area contributed by atoms with Gasteiger partial charge in [0.25, 0.3) is 0 Å². The first-order valence-corrected chi connectivity index (χ1v) is 8.05. The Hall–Kier alpha value is -2.61. The van der Waals surface area contributed by atoms with Crippen LogP contribution in [0.15, 0.2) is 54.9 Å². The Morgan fingerprint density at radius 1 is 1.00 bits per heavy atom. The summed E-state index contributed by atoms with van der Waals surface area (Å²) in [6, 6.07) is 12.8. The molecule has 136 valence electrons. The van der Waals surface area contributed by atoms with Gasteiger partial charge in [-0.25, -0.2) is 0 Å². The van der Waals surface area contributed by atoms with E-state index in [9.17, 15) is 13.2 Å². The van der Waals surface area contributed by atoms with E-state index in [4.69, 9.17) is 11.6 Å². The summed E-state index contributed by atoms with van der Waals surface area (Å²) in [5, 5.41) is 12.3. The van der Waals surface area contributed by atoms with E-state index in [1.165, 1.54) is 23.3 Å². The number of nitrogens with zero attached hydrogens (tertiary/aromatic N) is 4. The van der Waals surface area contributed by atoms with E-state index >= 15 is 0 Å². The Labute approximate surface area is 152 Å². The molecule has 0 radical (unpaired) electrons. The molecule has 0 fully saturated rings. The second-order valence-electron chi connectivity index (χ2n) is 5.64. The van der Waals surface area contributed by atoms with E-state index in [0.29, 0.717) is 5.02 Å². The third-order valence-corrected chi connectivity index (χ3v) is 4.17. The summed E-state index contributed by atoms with van der Waals surface area (Å²) in [7, 11) is 0. The summed E-state index contributed by atoms with van der Waals surface area (Å²) in [5.74, 6) is -0.496. The summed E-state index contributed by atoms with van der Waals surface area (Å²) in [6.07, 6.45) is -3.40. The third kappa shape index (κ3) is 4.32. The lowest BCUT2D eigenvalue weighted by Crippen LogP contribution is -2.19. The van der Waals surface area contributed by atoms with E-state index in [0.717, 1.165) is 11.1 Å². The van der Waals surface area contributed by atoms with Gasteiger partial charge in [-0.2, -0.15) is 4.80 Å². The minimum Gasteiger partial charge on any atom is -0.406 e.